The van der Waals surface area contributed by atoms with Gasteiger partial charge in [-0.25, -0.2) is 8.42 Å². The molecule has 0 bridgehead atoms. The van der Waals surface area contributed by atoms with Gasteiger partial charge in [0.15, 0.2) is 0 Å². The van der Waals surface area contributed by atoms with Crippen LogP contribution in [0, 0.1) is 16.7 Å². The van der Waals surface area contributed by atoms with Crippen LogP contribution < -0.4 is 0 Å². The normalized spacial score (nSPS) is 30.4. The highest BCUT2D eigenvalue weighted by Gasteiger charge is 2.38. The minimum Gasteiger partial charge on any atom is -0.229 e. The molecule has 0 spiro atoms. The highest BCUT2D eigenvalue weighted by Crippen LogP contribution is 2.47. The standard InChI is InChI=1S/C14H27BrO2S/c1-13(2,3)12-5-7-14(11-15,8-6-12)9-10-18(4,16)17/h12H,5-11H2,1-4H3. The van der Waals surface area contributed by atoms with Crippen LogP contribution in [0.1, 0.15) is 52.9 Å². The SMILES string of the molecule is CC(C)(C)C1CCC(CBr)(CCS(C)(=O)=O)CC1. The molecule has 0 radical (unpaired) electrons. The quantitative estimate of drug-likeness (QED) is 0.725. The van der Waals surface area contributed by atoms with E-state index in [1.807, 2.05) is 0 Å². The van der Waals surface area contributed by atoms with Crippen molar-refractivity contribution in [3.63, 3.8) is 0 Å². The zero-order valence-corrected chi connectivity index (χ0v) is 14.5. The van der Waals surface area contributed by atoms with E-state index in [1.165, 1.54) is 19.1 Å². The molecular formula is C14H27BrO2S. The predicted molar refractivity (Wildman–Crippen MR) is 82.0 cm³/mol. The molecule has 0 amide bonds. The van der Waals surface area contributed by atoms with Crippen molar-refractivity contribution < 1.29 is 8.42 Å². The lowest BCUT2D eigenvalue weighted by molar-refractivity contribution is 0.101. The van der Waals surface area contributed by atoms with E-state index < -0.39 is 9.84 Å². The van der Waals surface area contributed by atoms with Crippen LogP contribution in [0.5, 0.6) is 0 Å². The van der Waals surface area contributed by atoms with Gasteiger partial charge in [0.1, 0.15) is 9.84 Å². The third-order valence-corrected chi connectivity index (χ3v) is 6.69. The molecule has 0 aromatic rings. The molecule has 2 nitrogen and oxygen atoms in total. The van der Waals surface area contributed by atoms with Gasteiger partial charge in [-0.2, -0.15) is 0 Å². The second-order valence-corrected chi connectivity index (χ2v) is 9.97. The van der Waals surface area contributed by atoms with E-state index in [1.54, 1.807) is 0 Å². The number of hydrogen-bond donors (Lipinski definition) is 0. The Labute approximate surface area is 121 Å². The topological polar surface area (TPSA) is 34.1 Å². The maximum atomic E-state index is 11.3. The average molecular weight is 339 g/mol. The van der Waals surface area contributed by atoms with Crippen molar-refractivity contribution in [2.75, 3.05) is 17.3 Å². The van der Waals surface area contributed by atoms with Crippen LogP contribution in [0.25, 0.3) is 0 Å². The summed E-state index contributed by atoms with van der Waals surface area (Å²) in [6.07, 6.45) is 6.95. The van der Waals surface area contributed by atoms with Crippen molar-refractivity contribution >= 4 is 25.8 Å². The van der Waals surface area contributed by atoms with Crippen molar-refractivity contribution in [2.24, 2.45) is 16.7 Å². The Kier molecular flexibility index (Phi) is 5.33. The Morgan fingerprint density at radius 3 is 2.06 bits per heavy atom. The summed E-state index contributed by atoms with van der Waals surface area (Å²) in [5.74, 6) is 1.11. The van der Waals surface area contributed by atoms with Gasteiger partial charge in [-0.15, -0.1) is 0 Å². The van der Waals surface area contributed by atoms with Crippen molar-refractivity contribution in [1.82, 2.24) is 0 Å². The molecule has 108 valence electrons. The minimum atomic E-state index is -2.83. The maximum Gasteiger partial charge on any atom is 0.147 e. The van der Waals surface area contributed by atoms with Crippen LogP contribution in [0.4, 0.5) is 0 Å². The number of alkyl halides is 1. The Hall–Kier alpha value is 0.430. The van der Waals surface area contributed by atoms with E-state index in [-0.39, 0.29) is 5.41 Å². The smallest absolute Gasteiger partial charge is 0.147 e. The lowest BCUT2D eigenvalue weighted by Crippen LogP contribution is -2.35. The summed E-state index contributed by atoms with van der Waals surface area (Å²) in [7, 11) is -2.83. The van der Waals surface area contributed by atoms with Crippen molar-refractivity contribution in [3.05, 3.63) is 0 Å². The molecule has 1 aliphatic rings. The molecule has 0 saturated heterocycles. The monoisotopic (exact) mass is 338 g/mol. The molecule has 1 aliphatic carbocycles. The van der Waals surface area contributed by atoms with Gasteiger partial charge < -0.3 is 0 Å². The Morgan fingerprint density at radius 1 is 1.22 bits per heavy atom. The third kappa shape index (κ3) is 4.84. The van der Waals surface area contributed by atoms with Crippen LogP contribution in [0.2, 0.25) is 0 Å². The molecule has 0 N–H and O–H groups in total. The molecule has 1 fully saturated rings. The summed E-state index contributed by atoms with van der Waals surface area (Å²) in [6, 6.07) is 0. The molecule has 18 heavy (non-hydrogen) atoms. The van der Waals surface area contributed by atoms with Crippen LogP contribution in [0.15, 0.2) is 0 Å². The number of hydrogen-bond acceptors (Lipinski definition) is 2. The maximum absolute atomic E-state index is 11.3. The van der Waals surface area contributed by atoms with Crippen LogP contribution in [-0.2, 0) is 9.84 Å². The van der Waals surface area contributed by atoms with Crippen LogP contribution in [0.3, 0.4) is 0 Å². The zero-order valence-electron chi connectivity index (χ0n) is 12.1. The fraction of sp³-hybridized carbons (Fsp3) is 1.00. The van der Waals surface area contributed by atoms with E-state index in [0.717, 1.165) is 30.5 Å². The molecule has 0 heterocycles. The van der Waals surface area contributed by atoms with E-state index in [9.17, 15) is 8.42 Å². The molecular weight excluding hydrogens is 312 g/mol. The summed E-state index contributed by atoms with van der Waals surface area (Å²) in [4.78, 5) is 0. The van der Waals surface area contributed by atoms with Gasteiger partial charge in [0.25, 0.3) is 0 Å². The minimum absolute atomic E-state index is 0.213. The van der Waals surface area contributed by atoms with Crippen molar-refractivity contribution in [1.29, 1.82) is 0 Å². The first-order valence-corrected chi connectivity index (χ1v) is 10.00. The average Bonchev–Trinajstić information content (AvgIpc) is 2.25. The van der Waals surface area contributed by atoms with Gasteiger partial charge in [0.2, 0.25) is 0 Å². The van der Waals surface area contributed by atoms with E-state index in [0.29, 0.717) is 11.2 Å². The van der Waals surface area contributed by atoms with Gasteiger partial charge in [-0.3, -0.25) is 0 Å². The van der Waals surface area contributed by atoms with Gasteiger partial charge in [0.05, 0.1) is 5.75 Å². The Morgan fingerprint density at radius 2 is 1.72 bits per heavy atom. The number of halogens is 1. The highest BCUT2D eigenvalue weighted by atomic mass is 79.9. The first kappa shape index (κ1) is 16.5. The summed E-state index contributed by atoms with van der Waals surface area (Å²) < 4.78 is 22.7. The van der Waals surface area contributed by atoms with Gasteiger partial charge in [0, 0.05) is 11.6 Å². The highest BCUT2D eigenvalue weighted by molar-refractivity contribution is 9.09. The lowest BCUT2D eigenvalue weighted by Gasteiger charge is -2.43. The fourth-order valence-electron chi connectivity index (χ4n) is 2.95. The molecule has 4 heteroatoms. The molecule has 0 aromatic heterocycles. The van der Waals surface area contributed by atoms with E-state index in [4.69, 9.17) is 0 Å². The Bertz CT molecular complexity index is 360. The summed E-state index contributed by atoms with van der Waals surface area (Å²) in [6.45, 7) is 6.94. The van der Waals surface area contributed by atoms with Gasteiger partial charge >= 0.3 is 0 Å². The Balaban J connectivity index is 2.60. The molecule has 1 rings (SSSR count). The fourth-order valence-corrected chi connectivity index (χ4v) is 4.59. The second kappa shape index (κ2) is 5.82. The van der Waals surface area contributed by atoms with Crippen LogP contribution in [-0.4, -0.2) is 25.8 Å². The van der Waals surface area contributed by atoms with E-state index >= 15 is 0 Å². The second-order valence-electron chi connectivity index (χ2n) is 7.15. The number of rotatable bonds is 4. The molecule has 0 atom stereocenters. The van der Waals surface area contributed by atoms with E-state index in [2.05, 4.69) is 36.7 Å². The predicted octanol–water partition coefficient (Wildman–Crippen LogP) is 4.04. The van der Waals surface area contributed by atoms with Crippen LogP contribution >= 0.6 is 15.9 Å². The third-order valence-electron chi connectivity index (χ3n) is 4.56. The van der Waals surface area contributed by atoms with Crippen molar-refractivity contribution in [2.45, 2.75) is 52.9 Å². The summed E-state index contributed by atoms with van der Waals surface area (Å²) in [5, 5.41) is 0.937. The lowest BCUT2D eigenvalue weighted by atomic mass is 9.64. The molecule has 0 unspecified atom stereocenters. The summed E-state index contributed by atoms with van der Waals surface area (Å²) >= 11 is 3.61. The summed E-state index contributed by atoms with van der Waals surface area (Å²) in [5.41, 5.74) is 0.597. The molecule has 1 saturated carbocycles. The first-order valence-electron chi connectivity index (χ1n) is 6.82. The molecule has 0 aliphatic heterocycles. The first-order chi connectivity index (χ1) is 8.08. The zero-order chi connectivity index (χ0) is 14.0. The largest absolute Gasteiger partial charge is 0.229 e. The van der Waals surface area contributed by atoms with Gasteiger partial charge in [-0.1, -0.05) is 36.7 Å². The molecule has 0 aromatic carbocycles. The number of sulfone groups is 1. The van der Waals surface area contributed by atoms with Gasteiger partial charge in [-0.05, 0) is 48.9 Å². The van der Waals surface area contributed by atoms with Crippen molar-refractivity contribution in [3.8, 4) is 0 Å².